The number of fused-ring (bicyclic) bond motifs is 2. The Kier molecular flexibility index (Phi) is 7.45. The summed E-state index contributed by atoms with van der Waals surface area (Å²) in [5, 5.41) is 4.89. The molecule has 0 N–H and O–H groups in total. The highest BCUT2D eigenvalue weighted by molar-refractivity contribution is 6.00. The Morgan fingerprint density at radius 3 is 1.51 bits per heavy atom. The van der Waals surface area contributed by atoms with Crippen LogP contribution >= 0.6 is 0 Å². The largest absolute Gasteiger partial charge is 0.311 e. The molecule has 2 nitrogen and oxygen atoms in total. The zero-order valence-electron chi connectivity index (χ0n) is 26.3. The molecule has 8 aromatic rings. The summed E-state index contributed by atoms with van der Waals surface area (Å²) in [6, 6.07) is 67.6. The summed E-state index contributed by atoms with van der Waals surface area (Å²) < 4.78 is 0. The van der Waals surface area contributed by atoms with Crippen molar-refractivity contribution in [1.29, 1.82) is 0 Å². The van der Waals surface area contributed by atoms with Gasteiger partial charge in [0.25, 0.3) is 0 Å². The van der Waals surface area contributed by atoms with Crippen LogP contribution in [0.4, 0.5) is 34.1 Å². The first kappa shape index (κ1) is 28.4. The van der Waals surface area contributed by atoms with Crippen molar-refractivity contribution in [3.05, 3.63) is 194 Å². The average Bonchev–Trinajstić information content (AvgIpc) is 3.14. The van der Waals surface area contributed by atoms with Crippen LogP contribution in [0.5, 0.6) is 0 Å². The van der Waals surface area contributed by atoms with Gasteiger partial charge in [0, 0.05) is 33.8 Å². The molecule has 224 valence electrons. The molecule has 8 aromatic carbocycles. The first-order valence-corrected chi connectivity index (χ1v) is 16.1. The fourth-order valence-electron chi connectivity index (χ4n) is 6.47. The van der Waals surface area contributed by atoms with Crippen LogP contribution in [0.15, 0.2) is 188 Å². The van der Waals surface area contributed by atoms with E-state index in [-0.39, 0.29) is 0 Å². The monoisotopic (exact) mass is 602 g/mol. The first-order chi connectivity index (χ1) is 23.2. The normalized spacial score (nSPS) is 11.1. The topological polar surface area (TPSA) is 6.48 Å². The highest BCUT2D eigenvalue weighted by Crippen LogP contribution is 2.42. The van der Waals surface area contributed by atoms with E-state index in [2.05, 4.69) is 205 Å². The molecule has 2 heteroatoms. The lowest BCUT2D eigenvalue weighted by molar-refractivity contribution is 1.26. The number of para-hydroxylation sites is 1. The van der Waals surface area contributed by atoms with Gasteiger partial charge in [-0.3, -0.25) is 0 Å². The highest BCUT2D eigenvalue weighted by atomic mass is 15.2. The molecule has 0 fully saturated rings. The van der Waals surface area contributed by atoms with Crippen LogP contribution in [0.3, 0.4) is 0 Å². The van der Waals surface area contributed by atoms with Gasteiger partial charge in [0.05, 0.1) is 5.69 Å². The SMILES string of the molecule is Cc1ccc(-c2ccc(N(c3ccccc3)c3ccc(N(c4ccc5ccccc5c4)c4cccc5ccccc45)cc3)cc2)cc1. The Bertz CT molecular complexity index is 2280. The lowest BCUT2D eigenvalue weighted by Crippen LogP contribution is -2.12. The minimum atomic E-state index is 1.10. The molecule has 0 aliphatic heterocycles. The number of hydrogen-bond acceptors (Lipinski definition) is 2. The second-order valence-corrected chi connectivity index (χ2v) is 12.0. The van der Waals surface area contributed by atoms with Crippen molar-refractivity contribution in [2.24, 2.45) is 0 Å². The summed E-state index contributed by atoms with van der Waals surface area (Å²) in [4.78, 5) is 4.70. The second kappa shape index (κ2) is 12.3. The van der Waals surface area contributed by atoms with Crippen molar-refractivity contribution in [3.63, 3.8) is 0 Å². The minimum absolute atomic E-state index is 1.10. The molecule has 0 aliphatic carbocycles. The number of nitrogens with zero attached hydrogens (tertiary/aromatic N) is 2. The van der Waals surface area contributed by atoms with E-state index in [1.807, 2.05) is 0 Å². The summed E-state index contributed by atoms with van der Waals surface area (Å²) in [5.41, 5.74) is 10.4. The lowest BCUT2D eigenvalue weighted by Gasteiger charge is -2.29. The third-order valence-electron chi connectivity index (χ3n) is 8.89. The van der Waals surface area contributed by atoms with Crippen LogP contribution in [0, 0.1) is 6.92 Å². The van der Waals surface area contributed by atoms with Crippen molar-refractivity contribution in [1.82, 2.24) is 0 Å². The van der Waals surface area contributed by atoms with Gasteiger partial charge < -0.3 is 9.80 Å². The molecule has 0 saturated carbocycles. The highest BCUT2D eigenvalue weighted by Gasteiger charge is 2.18. The first-order valence-electron chi connectivity index (χ1n) is 16.1. The van der Waals surface area contributed by atoms with E-state index in [1.165, 1.54) is 38.2 Å². The predicted octanol–water partition coefficient (Wildman–Crippen LogP) is 12.9. The van der Waals surface area contributed by atoms with Gasteiger partial charge in [0.15, 0.2) is 0 Å². The Labute approximate surface area is 276 Å². The van der Waals surface area contributed by atoms with Gasteiger partial charge in [0.2, 0.25) is 0 Å². The molecule has 47 heavy (non-hydrogen) atoms. The van der Waals surface area contributed by atoms with E-state index >= 15 is 0 Å². The average molecular weight is 603 g/mol. The van der Waals surface area contributed by atoms with Crippen LogP contribution in [0.25, 0.3) is 32.7 Å². The van der Waals surface area contributed by atoms with Crippen LogP contribution in [0.2, 0.25) is 0 Å². The molecule has 0 saturated heterocycles. The Hall–Kier alpha value is -6.12. The van der Waals surface area contributed by atoms with Crippen LogP contribution < -0.4 is 9.80 Å². The van der Waals surface area contributed by atoms with E-state index < -0.39 is 0 Å². The van der Waals surface area contributed by atoms with Crippen LogP contribution in [0.1, 0.15) is 5.56 Å². The molecule has 0 radical (unpaired) electrons. The fraction of sp³-hybridized carbons (Fsp3) is 0.0222. The van der Waals surface area contributed by atoms with Gasteiger partial charge in [0.1, 0.15) is 0 Å². The number of benzene rings is 8. The third kappa shape index (κ3) is 5.62. The smallest absolute Gasteiger partial charge is 0.0540 e. The van der Waals surface area contributed by atoms with Crippen LogP contribution in [-0.2, 0) is 0 Å². The Balaban J connectivity index is 1.22. The zero-order valence-corrected chi connectivity index (χ0v) is 26.3. The van der Waals surface area contributed by atoms with E-state index in [1.54, 1.807) is 0 Å². The molecule has 0 aromatic heterocycles. The Morgan fingerprint density at radius 2 is 0.809 bits per heavy atom. The minimum Gasteiger partial charge on any atom is -0.311 e. The molecule has 0 heterocycles. The van der Waals surface area contributed by atoms with Gasteiger partial charge in [-0.05, 0) is 101 Å². The maximum Gasteiger partial charge on any atom is 0.0540 e. The quantitative estimate of drug-likeness (QED) is 0.179. The van der Waals surface area contributed by atoms with Gasteiger partial charge in [-0.1, -0.05) is 127 Å². The van der Waals surface area contributed by atoms with E-state index in [0.29, 0.717) is 0 Å². The van der Waals surface area contributed by atoms with E-state index in [0.717, 1.165) is 34.1 Å². The van der Waals surface area contributed by atoms with Crippen molar-refractivity contribution in [2.45, 2.75) is 6.92 Å². The summed E-state index contributed by atoms with van der Waals surface area (Å²) in [7, 11) is 0. The van der Waals surface area contributed by atoms with Gasteiger partial charge in [-0.2, -0.15) is 0 Å². The maximum atomic E-state index is 2.38. The summed E-state index contributed by atoms with van der Waals surface area (Å²) in [6.07, 6.45) is 0. The second-order valence-electron chi connectivity index (χ2n) is 12.0. The predicted molar refractivity (Wildman–Crippen MR) is 201 cm³/mol. The van der Waals surface area contributed by atoms with Gasteiger partial charge in [-0.25, -0.2) is 0 Å². The zero-order chi connectivity index (χ0) is 31.6. The molecular weight excluding hydrogens is 569 g/mol. The summed E-state index contributed by atoms with van der Waals surface area (Å²) in [6.45, 7) is 2.12. The van der Waals surface area contributed by atoms with Crippen molar-refractivity contribution in [2.75, 3.05) is 9.80 Å². The number of hydrogen-bond donors (Lipinski definition) is 0. The number of rotatable bonds is 7. The molecule has 0 aliphatic rings. The molecule has 8 rings (SSSR count). The lowest BCUT2D eigenvalue weighted by atomic mass is 10.0. The van der Waals surface area contributed by atoms with Gasteiger partial charge >= 0.3 is 0 Å². The van der Waals surface area contributed by atoms with E-state index in [4.69, 9.17) is 0 Å². The van der Waals surface area contributed by atoms with Crippen molar-refractivity contribution < 1.29 is 0 Å². The molecule has 0 atom stereocenters. The molecule has 0 spiro atoms. The molecule has 0 unspecified atom stereocenters. The maximum absolute atomic E-state index is 2.38. The number of anilines is 6. The summed E-state index contributed by atoms with van der Waals surface area (Å²) >= 11 is 0. The van der Waals surface area contributed by atoms with Crippen molar-refractivity contribution in [3.8, 4) is 11.1 Å². The fourth-order valence-corrected chi connectivity index (χ4v) is 6.47. The van der Waals surface area contributed by atoms with Gasteiger partial charge in [-0.15, -0.1) is 0 Å². The standard InChI is InChI=1S/C45H34N2/c1-33-18-20-35(21-19-33)36-22-25-40(26-23-36)46(39-14-3-2-4-15-39)41-28-30-42(31-29-41)47(43-27-24-34-10-5-6-12-38(34)32-43)45-17-9-13-37-11-7-8-16-44(37)45/h2-32H,1H3. The summed E-state index contributed by atoms with van der Waals surface area (Å²) in [5.74, 6) is 0. The molecule has 0 amide bonds. The third-order valence-corrected chi connectivity index (χ3v) is 8.89. The molecule has 0 bridgehead atoms. The van der Waals surface area contributed by atoms with Crippen molar-refractivity contribution >= 4 is 55.7 Å². The molecular formula is C45H34N2. The number of aryl methyl sites for hydroxylation is 1. The van der Waals surface area contributed by atoms with Crippen LogP contribution in [-0.4, -0.2) is 0 Å². The van der Waals surface area contributed by atoms with E-state index in [9.17, 15) is 0 Å². The Morgan fingerprint density at radius 1 is 0.319 bits per heavy atom.